The Morgan fingerprint density at radius 3 is 2.36 bits per heavy atom. The fourth-order valence-electron chi connectivity index (χ4n) is 2.27. The van der Waals surface area contributed by atoms with E-state index in [0.29, 0.717) is 5.75 Å². The molecule has 0 aliphatic rings. The summed E-state index contributed by atoms with van der Waals surface area (Å²) >= 11 is 0. The Hall–Kier alpha value is -0.525. The first kappa shape index (κ1) is 17.8. The fourth-order valence-corrected chi connectivity index (χ4v) is 2.80. The van der Waals surface area contributed by atoms with Gasteiger partial charge in [-0.2, -0.15) is 8.42 Å². The summed E-state index contributed by atoms with van der Waals surface area (Å²) in [7, 11) is -3.79. The molecule has 0 spiro atoms. The van der Waals surface area contributed by atoms with Crippen LogP contribution in [0.1, 0.15) is 8.35 Å². The largest absolute Gasteiger partial charge is 1.00 e. The molecule has 0 amide bonds. The van der Waals surface area contributed by atoms with Crippen molar-refractivity contribution in [2.24, 2.45) is 0 Å². The van der Waals surface area contributed by atoms with Gasteiger partial charge in [0.1, 0.15) is 0 Å². The zero-order valence-corrected chi connectivity index (χ0v) is 18.3. The fraction of sp³-hybridized carbons (Fsp3) is 0.0588. The first-order chi connectivity index (χ1) is 9.99. The molecule has 3 aromatic rings. The van der Waals surface area contributed by atoms with Crippen molar-refractivity contribution in [2.45, 2.75) is 6.92 Å². The van der Waals surface area contributed by atoms with Gasteiger partial charge in [-0.1, -0.05) is 49.0 Å². The molecule has 3 nitrogen and oxygen atoms in total. The van der Waals surface area contributed by atoms with Crippen LogP contribution < -0.4 is 62.4 Å². The molecule has 22 heavy (non-hydrogen) atoms. The van der Waals surface area contributed by atoms with E-state index in [1.807, 2.05) is 42.5 Å². The molecule has 3 rings (SSSR count). The van der Waals surface area contributed by atoms with Crippen molar-refractivity contribution >= 4 is 31.7 Å². The number of fused-ring (bicyclic) bond motifs is 3. The number of hydrogen-bond acceptors (Lipinski definition) is 3. The molecule has 0 fully saturated rings. The van der Waals surface area contributed by atoms with Crippen LogP contribution in [0.25, 0.3) is 21.5 Å². The molecule has 0 radical (unpaired) electrons. The molecule has 108 valence electrons. The molecule has 0 aliphatic heterocycles. The molecule has 0 heterocycles. The second-order valence-electron chi connectivity index (χ2n) is 4.88. The molecule has 5 heteroatoms. The second-order valence-corrected chi connectivity index (χ2v) is 6.65. The van der Waals surface area contributed by atoms with Crippen molar-refractivity contribution in [3.8, 4) is 5.75 Å². The van der Waals surface area contributed by atoms with Crippen molar-refractivity contribution in [2.75, 3.05) is 0 Å². The van der Waals surface area contributed by atoms with Crippen LogP contribution in [0.4, 0.5) is 0 Å². The van der Waals surface area contributed by atoms with Crippen molar-refractivity contribution in [1.29, 1.82) is 0 Å². The molecule has 0 saturated carbocycles. The van der Waals surface area contributed by atoms with Gasteiger partial charge in [0.15, 0.2) is 5.75 Å². The van der Waals surface area contributed by atoms with Gasteiger partial charge in [-0.3, -0.25) is 0 Å². The summed E-state index contributed by atoms with van der Waals surface area (Å²) in [5.74, 6) is 0.321. The standard InChI is InChI=1S/C17H14O3S.Rb.H/c1-12(2)21(18,19)20-17-9-5-8-15-14-7-4-3-6-13(14)10-11-16(15)17;;/h3-11H,1H2,2H3;;/q;+1;-1. The topological polar surface area (TPSA) is 43.4 Å². The Labute approximate surface area is 180 Å². The third-order valence-corrected chi connectivity index (χ3v) is 4.63. The van der Waals surface area contributed by atoms with Gasteiger partial charge in [0.05, 0.1) is 4.91 Å². The van der Waals surface area contributed by atoms with E-state index < -0.39 is 10.1 Å². The van der Waals surface area contributed by atoms with Gasteiger partial charge in [-0.15, -0.1) is 0 Å². The summed E-state index contributed by atoms with van der Waals surface area (Å²) in [5, 5.41) is 3.89. The summed E-state index contributed by atoms with van der Waals surface area (Å²) in [4.78, 5) is -0.0136. The number of benzene rings is 3. The molecule has 0 bridgehead atoms. The average molecular weight is 385 g/mol. The van der Waals surface area contributed by atoms with Crippen LogP contribution in [0.5, 0.6) is 5.75 Å². The predicted octanol–water partition coefficient (Wildman–Crippen LogP) is 1.35. The Bertz CT molecular complexity index is 968. The van der Waals surface area contributed by atoms with E-state index in [1.54, 1.807) is 12.1 Å². The minimum Gasteiger partial charge on any atom is -1.00 e. The van der Waals surface area contributed by atoms with Gasteiger partial charge in [0.25, 0.3) is 0 Å². The van der Waals surface area contributed by atoms with Crippen LogP contribution in [-0.4, -0.2) is 8.42 Å². The van der Waals surface area contributed by atoms with Crippen molar-refractivity contribution in [3.05, 3.63) is 66.1 Å². The van der Waals surface area contributed by atoms with Gasteiger partial charge in [-0.05, 0) is 35.2 Å². The van der Waals surface area contributed by atoms with E-state index >= 15 is 0 Å². The molecular formula is C17H15O3RbS. The molecule has 0 atom stereocenters. The zero-order valence-electron chi connectivity index (χ0n) is 13.5. The van der Waals surface area contributed by atoms with Crippen molar-refractivity contribution < 1.29 is 72.2 Å². The summed E-state index contributed by atoms with van der Waals surface area (Å²) in [6.07, 6.45) is 0. The Morgan fingerprint density at radius 1 is 0.955 bits per heavy atom. The normalized spacial score (nSPS) is 11.1. The van der Waals surface area contributed by atoms with E-state index in [4.69, 9.17) is 4.18 Å². The minimum atomic E-state index is -3.79. The molecular weight excluding hydrogens is 370 g/mol. The smallest absolute Gasteiger partial charge is 1.00 e. The monoisotopic (exact) mass is 384 g/mol. The maximum atomic E-state index is 11.9. The Morgan fingerprint density at radius 2 is 1.64 bits per heavy atom. The number of rotatable bonds is 3. The number of allylic oxidation sites excluding steroid dienone is 1. The van der Waals surface area contributed by atoms with Crippen LogP contribution in [-0.2, 0) is 10.1 Å². The first-order valence-electron chi connectivity index (χ1n) is 6.49. The van der Waals surface area contributed by atoms with Crippen LogP contribution in [0.15, 0.2) is 66.1 Å². The summed E-state index contributed by atoms with van der Waals surface area (Å²) in [5.41, 5.74) is 0. The molecule has 0 aliphatic carbocycles. The predicted molar refractivity (Wildman–Crippen MR) is 86.9 cm³/mol. The summed E-state index contributed by atoms with van der Waals surface area (Å²) < 4.78 is 29.0. The van der Waals surface area contributed by atoms with E-state index in [2.05, 4.69) is 6.58 Å². The second kappa shape index (κ2) is 6.93. The summed E-state index contributed by atoms with van der Waals surface area (Å²) in [6.45, 7) is 4.85. The van der Waals surface area contributed by atoms with Gasteiger partial charge in [0.2, 0.25) is 0 Å². The van der Waals surface area contributed by atoms with Crippen LogP contribution in [0, 0.1) is 0 Å². The van der Waals surface area contributed by atoms with Crippen LogP contribution in [0.2, 0.25) is 0 Å². The van der Waals surface area contributed by atoms with Crippen LogP contribution in [0.3, 0.4) is 0 Å². The maximum absolute atomic E-state index is 11.9. The third kappa shape index (κ3) is 3.36. The minimum absolute atomic E-state index is 0. The number of hydrogen-bond donors (Lipinski definition) is 0. The first-order valence-corrected chi connectivity index (χ1v) is 7.90. The van der Waals surface area contributed by atoms with E-state index in [1.165, 1.54) is 6.92 Å². The molecule has 0 unspecified atom stereocenters. The van der Waals surface area contributed by atoms with E-state index in [-0.39, 0.29) is 64.5 Å². The van der Waals surface area contributed by atoms with E-state index in [0.717, 1.165) is 21.5 Å². The summed E-state index contributed by atoms with van der Waals surface area (Å²) in [6, 6.07) is 17.2. The zero-order chi connectivity index (χ0) is 15.0. The molecule has 0 aromatic heterocycles. The average Bonchev–Trinajstić information content (AvgIpc) is 2.47. The molecule has 0 N–H and O–H groups in total. The Kier molecular flexibility index (Phi) is 5.61. The SMILES string of the molecule is C=C(C)S(=O)(=O)Oc1cccc2c1ccc1ccccc12.[H-].[Rb+]. The Balaban J connectivity index is 0.00000132. The van der Waals surface area contributed by atoms with Crippen molar-refractivity contribution in [3.63, 3.8) is 0 Å². The molecule has 0 saturated heterocycles. The van der Waals surface area contributed by atoms with Gasteiger partial charge in [0, 0.05) is 5.39 Å². The quantitative estimate of drug-likeness (QED) is 0.506. The maximum Gasteiger partial charge on any atom is 1.00 e. The van der Waals surface area contributed by atoms with Crippen LogP contribution >= 0.6 is 0 Å². The molecule has 3 aromatic carbocycles. The van der Waals surface area contributed by atoms with Gasteiger partial charge < -0.3 is 5.61 Å². The van der Waals surface area contributed by atoms with E-state index in [9.17, 15) is 8.42 Å². The van der Waals surface area contributed by atoms with Crippen molar-refractivity contribution in [1.82, 2.24) is 0 Å². The third-order valence-electron chi connectivity index (χ3n) is 3.37. The van der Waals surface area contributed by atoms with Gasteiger partial charge >= 0.3 is 68.3 Å². The van der Waals surface area contributed by atoms with Gasteiger partial charge in [-0.25, -0.2) is 0 Å².